The van der Waals surface area contributed by atoms with E-state index in [1.165, 1.54) is 18.2 Å². The Bertz CT molecular complexity index is 1500. The summed E-state index contributed by atoms with van der Waals surface area (Å²) in [5.74, 6) is -0.537. The van der Waals surface area contributed by atoms with Crippen LogP contribution in [-0.4, -0.2) is 21.8 Å². The zero-order chi connectivity index (χ0) is 26.9. The molecule has 37 heavy (non-hydrogen) atoms. The van der Waals surface area contributed by atoms with Crippen molar-refractivity contribution in [2.75, 3.05) is 10.6 Å². The number of fused-ring (bicyclic) bond motifs is 1. The molecule has 0 saturated heterocycles. The van der Waals surface area contributed by atoms with E-state index in [-0.39, 0.29) is 17.2 Å². The summed E-state index contributed by atoms with van der Waals surface area (Å²) >= 11 is 6.18. The third-order valence-corrected chi connectivity index (χ3v) is 6.14. The van der Waals surface area contributed by atoms with Gasteiger partial charge in [-0.1, -0.05) is 43.6 Å². The number of carbonyl (C=O) groups excluding carboxylic acids is 2. The molecular weight excluding hydrogens is 505 g/mol. The molecule has 0 spiro atoms. The molecule has 4 aromatic rings. The second-order valence-electron chi connectivity index (χ2n) is 9.07. The minimum Gasteiger partial charge on any atom is -0.342 e. The van der Waals surface area contributed by atoms with Crippen LogP contribution in [0.25, 0.3) is 11.0 Å². The number of alkyl halides is 3. The van der Waals surface area contributed by atoms with Gasteiger partial charge in [0.15, 0.2) is 0 Å². The topological polar surface area (TPSA) is 86.9 Å². The van der Waals surface area contributed by atoms with E-state index in [4.69, 9.17) is 11.6 Å². The third-order valence-electron chi connectivity index (χ3n) is 5.73. The van der Waals surface area contributed by atoms with E-state index in [0.717, 1.165) is 12.1 Å². The average molecular weight is 529 g/mol. The highest BCUT2D eigenvalue weighted by Gasteiger charge is 2.35. The molecule has 6 nitrogen and oxygen atoms in total. The van der Waals surface area contributed by atoms with Gasteiger partial charge in [0, 0.05) is 22.8 Å². The summed E-state index contributed by atoms with van der Waals surface area (Å²) in [6, 6.07) is 12.5. The highest BCUT2D eigenvalue weighted by atomic mass is 35.5. The van der Waals surface area contributed by atoms with Gasteiger partial charge < -0.3 is 15.6 Å². The number of aromatic amines is 1. The van der Waals surface area contributed by atoms with Crippen LogP contribution in [0.5, 0.6) is 0 Å². The first-order valence-electron chi connectivity index (χ1n) is 11.5. The summed E-state index contributed by atoms with van der Waals surface area (Å²) in [4.78, 5) is 33.9. The molecule has 0 atom stereocenters. The number of imidazole rings is 1. The minimum atomic E-state index is -4.70. The van der Waals surface area contributed by atoms with Gasteiger partial charge in [-0.15, -0.1) is 0 Å². The fourth-order valence-electron chi connectivity index (χ4n) is 3.96. The molecule has 0 bridgehead atoms. The fourth-order valence-corrected chi connectivity index (χ4v) is 4.13. The predicted octanol–water partition coefficient (Wildman–Crippen LogP) is 7.25. The molecule has 0 unspecified atom stereocenters. The Labute approximate surface area is 216 Å². The molecule has 0 aliphatic heterocycles. The van der Waals surface area contributed by atoms with Crippen LogP contribution in [0.4, 0.5) is 24.5 Å². The largest absolute Gasteiger partial charge is 0.417 e. The van der Waals surface area contributed by atoms with E-state index in [1.807, 2.05) is 13.8 Å². The van der Waals surface area contributed by atoms with Crippen molar-refractivity contribution in [1.82, 2.24) is 9.97 Å². The molecule has 3 aromatic carbocycles. The molecule has 0 saturated carbocycles. The zero-order valence-electron chi connectivity index (χ0n) is 20.3. The molecule has 0 radical (unpaired) electrons. The quantitative estimate of drug-likeness (QED) is 0.246. The van der Waals surface area contributed by atoms with Crippen molar-refractivity contribution >= 4 is 45.8 Å². The zero-order valence-corrected chi connectivity index (χ0v) is 21.0. The lowest BCUT2D eigenvalue weighted by atomic mass is 10.1. The Balaban J connectivity index is 1.75. The van der Waals surface area contributed by atoms with Crippen LogP contribution in [0.2, 0.25) is 5.02 Å². The lowest BCUT2D eigenvalue weighted by molar-refractivity contribution is -0.137. The number of halogens is 4. The van der Waals surface area contributed by atoms with Crippen molar-refractivity contribution in [3.05, 3.63) is 87.7 Å². The number of aromatic nitrogens is 2. The van der Waals surface area contributed by atoms with Gasteiger partial charge in [0.25, 0.3) is 11.8 Å². The van der Waals surface area contributed by atoms with Crippen molar-refractivity contribution < 1.29 is 22.8 Å². The number of nitrogens with zero attached hydrogens (tertiary/aromatic N) is 1. The van der Waals surface area contributed by atoms with Crippen molar-refractivity contribution in [2.24, 2.45) is 5.92 Å². The van der Waals surface area contributed by atoms with Crippen LogP contribution in [-0.2, 0) is 12.6 Å². The van der Waals surface area contributed by atoms with Crippen molar-refractivity contribution in [3.8, 4) is 0 Å². The summed E-state index contributed by atoms with van der Waals surface area (Å²) in [5, 5.41) is 5.79. The van der Waals surface area contributed by atoms with Crippen molar-refractivity contribution in [3.63, 3.8) is 0 Å². The number of anilines is 2. The SMILES string of the molecule is Cc1c(Cl)cccc1NC(=O)c1cc(NC(=O)c2ccccc2C(F)(F)F)cc2[nH]c(CC(C)C)nc12. The predicted molar refractivity (Wildman–Crippen MR) is 138 cm³/mol. The molecule has 192 valence electrons. The average Bonchev–Trinajstić information content (AvgIpc) is 3.22. The van der Waals surface area contributed by atoms with Gasteiger partial charge in [-0.25, -0.2) is 4.98 Å². The Hall–Kier alpha value is -3.85. The molecule has 4 rings (SSSR count). The molecule has 10 heteroatoms. The number of benzene rings is 3. The normalized spacial score (nSPS) is 11.7. The van der Waals surface area contributed by atoms with Gasteiger partial charge in [-0.05, 0) is 54.8 Å². The molecule has 0 aliphatic rings. The number of hydrogen-bond acceptors (Lipinski definition) is 3. The maximum absolute atomic E-state index is 13.4. The number of hydrogen-bond donors (Lipinski definition) is 3. The molecule has 1 aromatic heterocycles. The van der Waals surface area contributed by atoms with Crippen LogP contribution >= 0.6 is 11.6 Å². The Morgan fingerprint density at radius 1 is 1.00 bits per heavy atom. The number of nitrogens with one attached hydrogen (secondary N) is 3. The van der Waals surface area contributed by atoms with Gasteiger partial charge >= 0.3 is 6.18 Å². The molecule has 1 heterocycles. The standard InChI is InChI=1S/C27H24ClF3N4O2/c1-14(2)11-23-33-22-13-16(32-25(36)17-7-4-5-8-19(17)27(29,30)31)12-18(24(22)35-23)26(37)34-21-10-6-9-20(28)15(21)3/h4-10,12-14H,11H2,1-3H3,(H,32,36)(H,33,35)(H,34,37). The minimum absolute atomic E-state index is 0.141. The molecular formula is C27H24ClF3N4O2. The number of rotatable bonds is 6. The van der Waals surface area contributed by atoms with Gasteiger partial charge in [-0.2, -0.15) is 13.2 Å². The highest BCUT2D eigenvalue weighted by molar-refractivity contribution is 6.31. The molecule has 3 N–H and O–H groups in total. The van der Waals surface area contributed by atoms with Crippen LogP contribution in [0.15, 0.2) is 54.6 Å². The van der Waals surface area contributed by atoms with Gasteiger partial charge in [0.2, 0.25) is 0 Å². The fraction of sp³-hybridized carbons (Fsp3) is 0.222. The monoisotopic (exact) mass is 528 g/mol. The number of carbonyl (C=O) groups is 2. The smallest absolute Gasteiger partial charge is 0.342 e. The number of amides is 2. The van der Waals surface area contributed by atoms with E-state index in [1.54, 1.807) is 31.2 Å². The number of H-pyrrole nitrogens is 1. The van der Waals surface area contributed by atoms with E-state index in [2.05, 4.69) is 20.6 Å². The molecule has 0 aliphatic carbocycles. The maximum Gasteiger partial charge on any atom is 0.417 e. The highest BCUT2D eigenvalue weighted by Crippen LogP contribution is 2.33. The van der Waals surface area contributed by atoms with E-state index < -0.39 is 29.1 Å². The Kier molecular flexibility index (Phi) is 7.27. The summed E-state index contributed by atoms with van der Waals surface area (Å²) in [6.07, 6.45) is -4.09. The Morgan fingerprint density at radius 2 is 1.70 bits per heavy atom. The maximum atomic E-state index is 13.4. The van der Waals surface area contributed by atoms with Gasteiger partial charge in [0.1, 0.15) is 11.3 Å². The summed E-state index contributed by atoms with van der Waals surface area (Å²) in [6.45, 7) is 5.80. The van der Waals surface area contributed by atoms with Gasteiger partial charge in [0.05, 0.1) is 22.2 Å². The Morgan fingerprint density at radius 3 is 2.41 bits per heavy atom. The lowest BCUT2D eigenvalue weighted by Crippen LogP contribution is -2.19. The summed E-state index contributed by atoms with van der Waals surface area (Å²) in [5.41, 5.74) is 0.711. The second kappa shape index (κ2) is 10.3. The van der Waals surface area contributed by atoms with E-state index in [9.17, 15) is 22.8 Å². The molecule has 2 amide bonds. The summed E-state index contributed by atoms with van der Waals surface area (Å²) < 4.78 is 40.3. The lowest BCUT2D eigenvalue weighted by Gasteiger charge is -2.14. The van der Waals surface area contributed by atoms with Crippen molar-refractivity contribution in [2.45, 2.75) is 33.4 Å². The van der Waals surface area contributed by atoms with Crippen LogP contribution < -0.4 is 10.6 Å². The van der Waals surface area contributed by atoms with Crippen LogP contribution in [0, 0.1) is 12.8 Å². The third kappa shape index (κ3) is 5.77. The van der Waals surface area contributed by atoms with Crippen molar-refractivity contribution in [1.29, 1.82) is 0 Å². The first-order chi connectivity index (χ1) is 17.4. The summed E-state index contributed by atoms with van der Waals surface area (Å²) in [7, 11) is 0. The first kappa shape index (κ1) is 26.2. The van der Waals surface area contributed by atoms with Crippen LogP contribution in [0.3, 0.4) is 0 Å². The first-order valence-corrected chi connectivity index (χ1v) is 11.9. The van der Waals surface area contributed by atoms with E-state index in [0.29, 0.717) is 39.6 Å². The molecule has 0 fully saturated rings. The van der Waals surface area contributed by atoms with E-state index >= 15 is 0 Å². The van der Waals surface area contributed by atoms with Crippen LogP contribution in [0.1, 0.15) is 51.5 Å². The second-order valence-corrected chi connectivity index (χ2v) is 9.47. The van der Waals surface area contributed by atoms with Gasteiger partial charge in [-0.3, -0.25) is 9.59 Å².